The summed E-state index contributed by atoms with van der Waals surface area (Å²) in [5.41, 5.74) is 15.2. The van der Waals surface area contributed by atoms with Gasteiger partial charge in [0.15, 0.2) is 0 Å². The standard InChI is InChI=1S/C27H33N3O2.2C24H30N4O2.C24H22N4O2/c1-18(22-8-9-24(31)14-22)32-27-16-23(15-26-25(27)17-30(3)28-26)20-6-4-19(5-7-20)21-10-12-29(2)13-11-21;2*1-16(17-8-9-21(29)10-17)30-24-12-18(11-23-22(24)15-27(2)26-23)19-13-25-28(14-19)20-6-4-3-5-7-20;1-4-16-5-8-24-25-12-22(28(24)13-16)18-10-21-20(14-27(3)26-21)23(11-18)30-15(2)17-6-7-19(29)9-17/h4-7,15-18,21-22H,8-14H2,1-3H3;2*11-17,20H,3-10H2,1-2H3;1,5,8,10-15,17H,6-7,9H2,2-3H3/t18-,22+;2*16-,17+;15-,17+/m1111/s1. The van der Waals surface area contributed by atoms with Gasteiger partial charge in [0.05, 0.1) is 104 Å². The Bertz CT molecular complexity index is 5830. The molecule has 8 atom stereocenters. The smallest absolute Gasteiger partial charge is 0.137 e. The summed E-state index contributed by atoms with van der Waals surface area (Å²) in [6, 6.07) is 30.7. The summed E-state index contributed by atoms with van der Waals surface area (Å²) in [5, 5.41) is 31.9. The number of nitrogens with zero attached hydrogens (tertiary/aromatic N) is 15. The van der Waals surface area contributed by atoms with Crippen LogP contribution in [0.2, 0.25) is 0 Å². The van der Waals surface area contributed by atoms with Crippen LogP contribution < -0.4 is 18.9 Å². The molecule has 634 valence electrons. The van der Waals surface area contributed by atoms with Crippen LogP contribution in [0.4, 0.5) is 0 Å². The molecule has 122 heavy (non-hydrogen) atoms. The predicted octanol–water partition coefficient (Wildman–Crippen LogP) is 19.3. The van der Waals surface area contributed by atoms with Crippen molar-refractivity contribution in [3.05, 3.63) is 158 Å². The van der Waals surface area contributed by atoms with Gasteiger partial charge in [-0.15, -0.1) is 6.42 Å². The minimum Gasteiger partial charge on any atom is -0.490 e. The van der Waals surface area contributed by atoms with Crippen LogP contribution in [0.25, 0.3) is 93.9 Å². The van der Waals surface area contributed by atoms with E-state index in [-0.39, 0.29) is 30.3 Å². The van der Waals surface area contributed by atoms with Gasteiger partial charge in [0.25, 0.3) is 0 Å². The van der Waals surface area contributed by atoms with Crippen molar-refractivity contribution < 1.29 is 38.1 Å². The van der Waals surface area contributed by atoms with Gasteiger partial charge in [-0.05, 0) is 206 Å². The molecule has 23 heteroatoms. The number of carbonyl (C=O) groups excluding carboxylic acids is 4. The lowest BCUT2D eigenvalue weighted by molar-refractivity contribution is -0.118. The van der Waals surface area contributed by atoms with Crippen LogP contribution in [0.1, 0.15) is 211 Å². The number of hydrogen-bond donors (Lipinski definition) is 0. The Labute approximate surface area is 713 Å². The van der Waals surface area contributed by atoms with Gasteiger partial charge in [0.1, 0.15) is 51.8 Å². The van der Waals surface area contributed by atoms with E-state index in [1.165, 1.54) is 101 Å². The molecule has 0 N–H and O–H groups in total. The molecule has 23 nitrogen and oxygen atoms in total. The Hall–Kier alpha value is -11.5. The lowest BCUT2D eigenvalue weighted by Crippen LogP contribution is -2.29. The van der Waals surface area contributed by atoms with E-state index in [0.717, 1.165) is 143 Å². The van der Waals surface area contributed by atoms with Gasteiger partial charge in [0, 0.05) is 169 Å². The first-order chi connectivity index (χ1) is 59.1. The molecule has 0 radical (unpaired) electrons. The van der Waals surface area contributed by atoms with Crippen molar-refractivity contribution in [2.75, 3.05) is 20.1 Å². The molecule has 1 aliphatic heterocycles. The second-order valence-corrected chi connectivity index (χ2v) is 35.9. The Morgan fingerprint density at radius 3 is 1.11 bits per heavy atom. The number of carbonyl (C=O) groups is 4. The minimum atomic E-state index is -0.0506. The highest BCUT2D eigenvalue weighted by molar-refractivity contribution is 5.94. The SMILES string of the molecule is C#Cc1ccc2ncc(-c3cc(O[C@H](C)[C@H]4CCC(=O)C4)c4cn(C)nc4c3)n2c1.C[C@@H](Oc1cc(-c2ccc(C3CCN(C)CC3)cc2)cc2nn(C)cc12)[C@H]1CCC(=O)C1.C[C@@H](Oc1cc(-c2cnn(C3CCCCC3)c2)cc2nn(C)cc12)[C@H]1CCC(=O)C1.C[C@@H](Oc1cc(-c2cnn(C3CCCCC3)c2)cc2nn(C)cc12)[C@H]1CCC(=O)C1. The zero-order valence-electron chi connectivity index (χ0n) is 72.1. The van der Waals surface area contributed by atoms with Gasteiger partial charge in [-0.3, -0.25) is 51.7 Å². The van der Waals surface area contributed by atoms with Crippen molar-refractivity contribution in [2.24, 2.45) is 51.9 Å². The molecule has 5 aromatic carbocycles. The van der Waals surface area contributed by atoms with E-state index in [1.54, 1.807) is 4.68 Å². The molecule has 1 saturated heterocycles. The number of pyridine rings is 1. The number of ketones is 4. The first-order valence-electron chi connectivity index (χ1n) is 44.6. The average molecular weight is 1640 g/mol. The summed E-state index contributed by atoms with van der Waals surface area (Å²) in [5.74, 6) is 9.17. The zero-order valence-corrected chi connectivity index (χ0v) is 72.1. The second-order valence-electron chi connectivity index (χ2n) is 35.9. The van der Waals surface area contributed by atoms with Crippen molar-refractivity contribution in [3.63, 3.8) is 0 Å². The van der Waals surface area contributed by atoms with Gasteiger partial charge in [-0.1, -0.05) is 68.7 Å². The molecular formula is C99H115N15O8. The highest BCUT2D eigenvalue weighted by Gasteiger charge is 2.34. The largest absolute Gasteiger partial charge is 0.490 e. The van der Waals surface area contributed by atoms with Crippen LogP contribution >= 0.6 is 0 Å². The van der Waals surface area contributed by atoms with Gasteiger partial charge in [0.2, 0.25) is 0 Å². The third-order valence-corrected chi connectivity index (χ3v) is 27.0. The number of aryl methyl sites for hydroxylation is 4. The first-order valence-corrected chi connectivity index (χ1v) is 44.6. The van der Waals surface area contributed by atoms with Crippen LogP contribution in [-0.4, -0.2) is 141 Å². The predicted molar refractivity (Wildman–Crippen MR) is 476 cm³/mol. The molecule has 0 bridgehead atoms. The third kappa shape index (κ3) is 18.8. The Morgan fingerprint density at radius 2 is 0.746 bits per heavy atom. The van der Waals surface area contributed by atoms with Crippen molar-refractivity contribution in [1.29, 1.82) is 0 Å². The number of likely N-dealkylation sites (tertiary alicyclic amines) is 1. The van der Waals surface area contributed by atoms with E-state index in [4.69, 9.17) is 25.4 Å². The number of imidazole rings is 1. The normalized spacial score (nSPS) is 20.4. The highest BCUT2D eigenvalue weighted by atomic mass is 16.5. The number of aromatic nitrogens is 14. The summed E-state index contributed by atoms with van der Waals surface area (Å²) in [6.07, 6.45) is 49.5. The maximum atomic E-state index is 11.8. The lowest BCUT2D eigenvalue weighted by Gasteiger charge is -2.29. The van der Waals surface area contributed by atoms with Crippen molar-refractivity contribution in [3.8, 4) is 80.0 Å². The van der Waals surface area contributed by atoms with Crippen LogP contribution in [0.5, 0.6) is 23.0 Å². The van der Waals surface area contributed by atoms with Gasteiger partial charge >= 0.3 is 0 Å². The van der Waals surface area contributed by atoms with Crippen LogP contribution in [0.3, 0.4) is 0 Å². The number of Topliss-reactive ketones (excluding diaryl/α,β-unsaturated/α-hetero) is 4. The summed E-state index contributed by atoms with van der Waals surface area (Å²) in [6.45, 7) is 10.7. The van der Waals surface area contributed by atoms with Crippen LogP contribution in [0, 0.1) is 36.0 Å². The molecule has 0 spiro atoms. The molecule has 0 unspecified atom stereocenters. The fraction of sp³-hybridized carbons (Fsp3) is 0.465. The maximum Gasteiger partial charge on any atom is 0.137 e. The molecule has 6 saturated carbocycles. The summed E-state index contributed by atoms with van der Waals surface area (Å²) >= 11 is 0. The fourth-order valence-corrected chi connectivity index (χ4v) is 19.7. The number of hydrogen-bond acceptors (Lipinski definition) is 16. The molecule has 6 aliphatic carbocycles. The van der Waals surface area contributed by atoms with Gasteiger partial charge < -0.3 is 23.8 Å². The number of terminal acetylenes is 1. The molecule has 13 aromatic rings. The summed E-state index contributed by atoms with van der Waals surface area (Å²) < 4.78 is 39.3. The number of piperidine rings is 1. The Balaban J connectivity index is 0.000000116. The maximum absolute atomic E-state index is 11.8. The molecule has 9 heterocycles. The van der Waals surface area contributed by atoms with Gasteiger partial charge in [-0.2, -0.15) is 30.6 Å². The number of ether oxygens (including phenoxy) is 4. The second kappa shape index (κ2) is 36.3. The van der Waals surface area contributed by atoms with E-state index in [1.807, 2.05) is 127 Å². The monoisotopic (exact) mass is 1640 g/mol. The van der Waals surface area contributed by atoms with Crippen LogP contribution in [-0.2, 0) is 47.4 Å². The number of benzene rings is 5. The topological polar surface area (TPSA) is 233 Å². The number of fused-ring (bicyclic) bond motifs is 5. The van der Waals surface area contributed by atoms with E-state index >= 15 is 0 Å². The Morgan fingerprint density at radius 1 is 0.385 bits per heavy atom. The fourth-order valence-electron chi connectivity index (χ4n) is 19.7. The van der Waals surface area contributed by atoms with Crippen molar-refractivity contribution in [2.45, 2.75) is 224 Å². The van der Waals surface area contributed by atoms with E-state index in [0.29, 0.717) is 110 Å². The van der Waals surface area contributed by atoms with Crippen LogP contribution in [0.15, 0.2) is 147 Å². The molecular weight excluding hydrogens is 1530 g/mol. The Kier molecular flexibility index (Phi) is 24.6. The average Bonchev–Trinajstić information content (AvgIpc) is 1.65. The quantitative estimate of drug-likeness (QED) is 0.0685. The molecule has 20 rings (SSSR count). The van der Waals surface area contributed by atoms with E-state index in [2.05, 4.69) is 157 Å². The lowest BCUT2D eigenvalue weighted by atomic mass is 9.88. The molecule has 0 amide bonds. The minimum absolute atomic E-state index is 0.0000631. The van der Waals surface area contributed by atoms with E-state index < -0.39 is 0 Å². The molecule has 7 aliphatic rings. The molecule has 7 fully saturated rings. The van der Waals surface area contributed by atoms with Crippen molar-refractivity contribution >= 4 is 72.4 Å². The summed E-state index contributed by atoms with van der Waals surface area (Å²) in [4.78, 5) is 53.8. The van der Waals surface area contributed by atoms with E-state index in [9.17, 15) is 19.2 Å². The highest BCUT2D eigenvalue weighted by Crippen LogP contribution is 2.43. The third-order valence-electron chi connectivity index (χ3n) is 27.0. The van der Waals surface area contributed by atoms with Gasteiger partial charge in [-0.25, -0.2) is 4.98 Å². The first kappa shape index (κ1) is 82.8. The molecule has 8 aromatic heterocycles. The van der Waals surface area contributed by atoms with Crippen molar-refractivity contribution in [1.82, 2.24) is 73.0 Å². The zero-order chi connectivity index (χ0) is 84.4. The summed E-state index contributed by atoms with van der Waals surface area (Å²) in [7, 11) is 9.92. The number of rotatable bonds is 19.